The molecule has 0 saturated heterocycles. The van der Waals surface area contributed by atoms with Crippen molar-refractivity contribution in [2.75, 3.05) is 12.8 Å². The summed E-state index contributed by atoms with van der Waals surface area (Å²) in [6.07, 6.45) is 0.499. The Morgan fingerprint density at radius 3 is 2.00 bits per heavy atom. The smallest absolute Gasteiger partial charge is 0.175 e. The molecule has 0 aliphatic heterocycles. The van der Waals surface area contributed by atoms with E-state index < -0.39 is 15.9 Å². The summed E-state index contributed by atoms with van der Waals surface area (Å²) in [5.41, 5.74) is 3.17. The summed E-state index contributed by atoms with van der Waals surface area (Å²) >= 11 is 0. The maximum absolute atomic E-state index is 11.4. The van der Waals surface area contributed by atoms with Crippen LogP contribution in [0.3, 0.4) is 0 Å². The largest absolute Gasteiger partial charge is 0.387 e. The van der Waals surface area contributed by atoms with E-state index in [4.69, 9.17) is 0 Å². The van der Waals surface area contributed by atoms with E-state index in [1.807, 2.05) is 0 Å². The Morgan fingerprint density at radius 2 is 1.50 bits per heavy atom. The van der Waals surface area contributed by atoms with E-state index in [1.165, 1.54) is 29.5 Å². The molecule has 0 heterocycles. The van der Waals surface area contributed by atoms with Gasteiger partial charge in [0, 0.05) is 19.3 Å². The van der Waals surface area contributed by atoms with Gasteiger partial charge in [0.05, 0.1) is 11.0 Å². The molecule has 0 aliphatic carbocycles. The first-order chi connectivity index (χ1) is 11.3. The van der Waals surface area contributed by atoms with E-state index in [0.29, 0.717) is 24.6 Å². The number of aliphatic hydroxyl groups excluding tert-OH is 1. The minimum atomic E-state index is -3.21. The normalized spacial score (nSPS) is 13.2. The van der Waals surface area contributed by atoms with Crippen molar-refractivity contribution in [3.63, 3.8) is 0 Å². The van der Waals surface area contributed by atoms with E-state index in [9.17, 15) is 13.5 Å². The second-order valence-electron chi connectivity index (χ2n) is 6.38. The molecule has 5 heteroatoms. The molecule has 2 aromatic carbocycles. The standard InChI is InChI=1S/C19H25NO3S/c1-14(2)16-6-4-15(5-7-16)12-20-13-19(21)17-8-10-18(11-9-17)24(3,22)23/h4-11,14,19-21H,12-13H2,1-3H3. The monoisotopic (exact) mass is 347 g/mol. The fraction of sp³-hybridized carbons (Fsp3) is 0.368. The molecule has 2 rings (SSSR count). The SMILES string of the molecule is CC(C)c1ccc(CNCC(O)c2ccc(S(C)(=O)=O)cc2)cc1. The van der Waals surface area contributed by atoms with Gasteiger partial charge in [-0.05, 0) is 34.7 Å². The van der Waals surface area contributed by atoms with E-state index in [2.05, 4.69) is 43.4 Å². The molecule has 2 aromatic rings. The first-order valence-electron chi connectivity index (χ1n) is 8.05. The lowest BCUT2D eigenvalue weighted by atomic mass is 10.0. The van der Waals surface area contributed by atoms with Crippen LogP contribution in [0.2, 0.25) is 0 Å². The summed E-state index contributed by atoms with van der Waals surface area (Å²) in [6, 6.07) is 14.8. The topological polar surface area (TPSA) is 66.4 Å². The van der Waals surface area contributed by atoms with Crippen LogP contribution in [0.15, 0.2) is 53.4 Å². The molecule has 1 atom stereocenters. The van der Waals surface area contributed by atoms with Crippen molar-refractivity contribution in [3.05, 3.63) is 65.2 Å². The van der Waals surface area contributed by atoms with Gasteiger partial charge in [0.25, 0.3) is 0 Å². The zero-order chi connectivity index (χ0) is 17.7. The van der Waals surface area contributed by atoms with Crippen molar-refractivity contribution < 1.29 is 13.5 Å². The van der Waals surface area contributed by atoms with Crippen LogP contribution >= 0.6 is 0 Å². The summed E-state index contributed by atoms with van der Waals surface area (Å²) in [5.74, 6) is 0.517. The van der Waals surface area contributed by atoms with Gasteiger partial charge in [-0.25, -0.2) is 8.42 Å². The van der Waals surface area contributed by atoms with Gasteiger partial charge in [-0.3, -0.25) is 0 Å². The molecule has 0 fully saturated rings. The number of aliphatic hydroxyl groups is 1. The lowest BCUT2D eigenvalue weighted by Gasteiger charge is -2.13. The third-order valence-electron chi connectivity index (χ3n) is 4.01. The molecule has 0 amide bonds. The molecular weight excluding hydrogens is 322 g/mol. The average Bonchev–Trinajstić information content (AvgIpc) is 2.54. The van der Waals surface area contributed by atoms with Gasteiger partial charge in [0.2, 0.25) is 0 Å². The summed E-state index contributed by atoms with van der Waals surface area (Å²) < 4.78 is 22.9. The second-order valence-corrected chi connectivity index (χ2v) is 8.40. The number of benzene rings is 2. The van der Waals surface area contributed by atoms with Crippen molar-refractivity contribution in [1.82, 2.24) is 5.32 Å². The molecule has 0 spiro atoms. The van der Waals surface area contributed by atoms with Crippen LogP contribution < -0.4 is 5.32 Å². The molecule has 2 N–H and O–H groups in total. The van der Waals surface area contributed by atoms with Crippen molar-refractivity contribution in [3.8, 4) is 0 Å². The van der Waals surface area contributed by atoms with Gasteiger partial charge >= 0.3 is 0 Å². The number of hydrogen-bond donors (Lipinski definition) is 2. The zero-order valence-corrected chi connectivity index (χ0v) is 15.2. The molecule has 0 aliphatic rings. The Kier molecular flexibility index (Phi) is 6.15. The second kappa shape index (κ2) is 7.92. The molecule has 0 bridgehead atoms. The lowest BCUT2D eigenvalue weighted by molar-refractivity contribution is 0.174. The third-order valence-corrected chi connectivity index (χ3v) is 5.13. The Morgan fingerprint density at radius 1 is 0.958 bits per heavy atom. The van der Waals surface area contributed by atoms with E-state index in [1.54, 1.807) is 12.1 Å². The molecule has 4 nitrogen and oxygen atoms in total. The predicted octanol–water partition coefficient (Wildman–Crippen LogP) is 3.04. The minimum Gasteiger partial charge on any atom is -0.387 e. The maximum atomic E-state index is 11.4. The highest BCUT2D eigenvalue weighted by atomic mass is 32.2. The highest BCUT2D eigenvalue weighted by Gasteiger charge is 2.10. The molecular formula is C19H25NO3S. The van der Waals surface area contributed by atoms with Gasteiger partial charge in [-0.15, -0.1) is 0 Å². The molecule has 130 valence electrons. The molecule has 0 aromatic heterocycles. The van der Waals surface area contributed by atoms with Gasteiger partial charge < -0.3 is 10.4 Å². The van der Waals surface area contributed by atoms with Crippen LogP contribution in [-0.2, 0) is 16.4 Å². The van der Waals surface area contributed by atoms with Crippen LogP contribution in [0.4, 0.5) is 0 Å². The van der Waals surface area contributed by atoms with Crippen LogP contribution in [0, 0.1) is 0 Å². The average molecular weight is 347 g/mol. The lowest BCUT2D eigenvalue weighted by Crippen LogP contribution is -2.21. The predicted molar refractivity (Wildman–Crippen MR) is 96.7 cm³/mol. The molecule has 0 saturated carbocycles. The fourth-order valence-corrected chi connectivity index (χ4v) is 3.06. The van der Waals surface area contributed by atoms with Crippen molar-refractivity contribution >= 4 is 9.84 Å². The van der Waals surface area contributed by atoms with Crippen LogP contribution in [0.1, 0.15) is 42.6 Å². The molecule has 0 radical (unpaired) electrons. The summed E-state index contributed by atoms with van der Waals surface area (Å²) in [4.78, 5) is 0.261. The van der Waals surface area contributed by atoms with Gasteiger partial charge in [0.15, 0.2) is 9.84 Å². The maximum Gasteiger partial charge on any atom is 0.175 e. The van der Waals surface area contributed by atoms with E-state index >= 15 is 0 Å². The number of hydrogen-bond acceptors (Lipinski definition) is 4. The van der Waals surface area contributed by atoms with E-state index in [0.717, 1.165) is 0 Å². The van der Waals surface area contributed by atoms with Crippen LogP contribution in [0.5, 0.6) is 0 Å². The van der Waals surface area contributed by atoms with Crippen molar-refractivity contribution in [1.29, 1.82) is 0 Å². The Hall–Kier alpha value is -1.69. The highest BCUT2D eigenvalue weighted by molar-refractivity contribution is 7.90. The Balaban J connectivity index is 1.87. The fourth-order valence-electron chi connectivity index (χ4n) is 2.43. The van der Waals surface area contributed by atoms with Crippen LogP contribution in [0.25, 0.3) is 0 Å². The number of nitrogens with one attached hydrogen (secondary N) is 1. The zero-order valence-electron chi connectivity index (χ0n) is 14.4. The summed E-state index contributed by atoms with van der Waals surface area (Å²) in [7, 11) is -3.21. The van der Waals surface area contributed by atoms with Crippen molar-refractivity contribution in [2.45, 2.75) is 37.3 Å². The van der Waals surface area contributed by atoms with Gasteiger partial charge in [0.1, 0.15) is 0 Å². The van der Waals surface area contributed by atoms with Crippen LogP contribution in [-0.4, -0.2) is 26.3 Å². The highest BCUT2D eigenvalue weighted by Crippen LogP contribution is 2.17. The Labute approximate surface area is 144 Å². The molecule has 24 heavy (non-hydrogen) atoms. The molecule has 1 unspecified atom stereocenters. The van der Waals surface area contributed by atoms with Gasteiger partial charge in [-0.1, -0.05) is 50.2 Å². The minimum absolute atomic E-state index is 0.261. The first-order valence-corrected chi connectivity index (χ1v) is 9.94. The summed E-state index contributed by atoms with van der Waals surface area (Å²) in [5, 5.41) is 13.4. The van der Waals surface area contributed by atoms with Gasteiger partial charge in [-0.2, -0.15) is 0 Å². The third kappa shape index (κ3) is 5.16. The number of sulfone groups is 1. The quantitative estimate of drug-likeness (QED) is 0.808. The first kappa shape index (κ1) is 18.6. The van der Waals surface area contributed by atoms with Crippen molar-refractivity contribution in [2.24, 2.45) is 0 Å². The number of rotatable bonds is 7. The van der Waals surface area contributed by atoms with E-state index in [-0.39, 0.29) is 4.90 Å². The summed E-state index contributed by atoms with van der Waals surface area (Å²) in [6.45, 7) is 5.42. The Bertz CT molecular complexity index is 750.